The van der Waals surface area contributed by atoms with Crippen molar-refractivity contribution in [3.63, 3.8) is 0 Å². The van der Waals surface area contributed by atoms with Gasteiger partial charge in [0.15, 0.2) is 11.6 Å². The lowest BCUT2D eigenvalue weighted by molar-refractivity contribution is -0.138. The topological polar surface area (TPSA) is 42.1 Å². The quantitative estimate of drug-likeness (QED) is 0.805. The predicted octanol–water partition coefficient (Wildman–Crippen LogP) is 2.20. The second kappa shape index (κ2) is 5.27. The van der Waals surface area contributed by atoms with Crippen LogP contribution in [0.5, 0.6) is 0 Å². The highest BCUT2D eigenvalue weighted by Crippen LogP contribution is 2.31. The molecule has 2 rings (SSSR count). The van der Waals surface area contributed by atoms with Crippen molar-refractivity contribution in [2.24, 2.45) is 5.73 Å². The summed E-state index contributed by atoms with van der Waals surface area (Å²) < 4.78 is 50.4. The molecule has 102 valence electrons. The van der Waals surface area contributed by atoms with Crippen LogP contribution in [0.25, 0.3) is 0 Å². The van der Waals surface area contributed by atoms with Crippen LogP contribution in [0, 0.1) is 5.82 Å². The largest absolute Gasteiger partial charge is 0.417 e. The second-order valence-electron chi connectivity index (χ2n) is 4.02. The maximum Gasteiger partial charge on any atom is 0.417 e. The molecule has 0 radical (unpaired) electrons. The molecule has 1 aliphatic rings. The molecule has 0 amide bonds. The zero-order valence-corrected chi connectivity index (χ0v) is 10.1. The van der Waals surface area contributed by atoms with Gasteiger partial charge in [-0.25, -0.2) is 9.37 Å². The van der Waals surface area contributed by atoms with Crippen molar-refractivity contribution in [3.05, 3.63) is 23.6 Å². The van der Waals surface area contributed by atoms with Crippen LogP contribution in [-0.2, 0) is 6.18 Å². The van der Waals surface area contributed by atoms with Crippen molar-refractivity contribution >= 4 is 18.2 Å². The van der Waals surface area contributed by atoms with Gasteiger partial charge in [-0.3, -0.25) is 0 Å². The highest BCUT2D eigenvalue weighted by molar-refractivity contribution is 5.85. The van der Waals surface area contributed by atoms with E-state index in [0.717, 1.165) is 0 Å². The molecule has 1 aromatic rings. The fourth-order valence-corrected chi connectivity index (χ4v) is 1.80. The number of anilines is 1. The number of rotatable bonds is 1. The Morgan fingerprint density at radius 2 is 2.06 bits per heavy atom. The Balaban J connectivity index is 0.00000162. The van der Waals surface area contributed by atoms with Crippen molar-refractivity contribution in [3.8, 4) is 0 Å². The number of hydrogen-bond donors (Lipinski definition) is 1. The van der Waals surface area contributed by atoms with Gasteiger partial charge in [0.1, 0.15) is 0 Å². The van der Waals surface area contributed by atoms with E-state index in [-0.39, 0.29) is 24.3 Å². The molecule has 18 heavy (non-hydrogen) atoms. The maximum atomic E-state index is 13.5. The fourth-order valence-electron chi connectivity index (χ4n) is 1.80. The van der Waals surface area contributed by atoms with E-state index in [2.05, 4.69) is 4.98 Å². The van der Waals surface area contributed by atoms with Crippen LogP contribution in [0.3, 0.4) is 0 Å². The first-order valence-electron chi connectivity index (χ1n) is 5.11. The van der Waals surface area contributed by atoms with Crippen LogP contribution in [0.15, 0.2) is 12.3 Å². The van der Waals surface area contributed by atoms with Crippen molar-refractivity contribution in [2.45, 2.75) is 18.6 Å². The van der Waals surface area contributed by atoms with Crippen molar-refractivity contribution in [1.29, 1.82) is 0 Å². The molecule has 0 aromatic carbocycles. The summed E-state index contributed by atoms with van der Waals surface area (Å²) in [5.74, 6) is -1.03. The van der Waals surface area contributed by atoms with Gasteiger partial charge in [-0.05, 0) is 12.5 Å². The molecule has 8 heteroatoms. The van der Waals surface area contributed by atoms with E-state index in [1.165, 1.54) is 0 Å². The molecule has 3 nitrogen and oxygen atoms in total. The molecule has 1 aromatic heterocycles. The number of aromatic nitrogens is 1. The Morgan fingerprint density at radius 1 is 1.39 bits per heavy atom. The number of hydrogen-bond acceptors (Lipinski definition) is 3. The van der Waals surface area contributed by atoms with Crippen LogP contribution in [0.1, 0.15) is 12.0 Å². The number of pyridine rings is 1. The van der Waals surface area contributed by atoms with Crippen LogP contribution < -0.4 is 10.6 Å². The van der Waals surface area contributed by atoms with E-state index in [1.54, 1.807) is 4.90 Å². The van der Waals surface area contributed by atoms with Gasteiger partial charge in [-0.2, -0.15) is 13.2 Å². The SMILES string of the molecule is Cl.N[C@@H]1CCN(c2ncc(C(F)(F)F)cc2F)C1. The number of halogens is 5. The van der Waals surface area contributed by atoms with E-state index >= 15 is 0 Å². The molecule has 0 spiro atoms. The third-order valence-electron chi connectivity index (χ3n) is 2.67. The van der Waals surface area contributed by atoms with Crippen molar-refractivity contribution in [2.75, 3.05) is 18.0 Å². The highest BCUT2D eigenvalue weighted by atomic mass is 35.5. The van der Waals surface area contributed by atoms with Gasteiger partial charge in [0.25, 0.3) is 0 Å². The average Bonchev–Trinajstić information content (AvgIpc) is 2.63. The zero-order chi connectivity index (χ0) is 12.6. The number of nitrogens with zero attached hydrogens (tertiary/aromatic N) is 2. The van der Waals surface area contributed by atoms with Crippen molar-refractivity contribution in [1.82, 2.24) is 4.98 Å². The van der Waals surface area contributed by atoms with Gasteiger partial charge in [-0.1, -0.05) is 0 Å². The first kappa shape index (κ1) is 15.0. The third kappa shape index (κ3) is 3.02. The Labute approximate surface area is 107 Å². The standard InChI is InChI=1S/C10H11F4N3.ClH/c11-8-3-6(10(12,13)14)4-16-9(8)17-2-1-7(15)5-17;/h3-4,7H,1-2,5,15H2;1H/t7-;/m1./s1. The minimum Gasteiger partial charge on any atom is -0.353 e. The Hall–Kier alpha value is -1.08. The number of nitrogens with two attached hydrogens (primary N) is 1. The highest BCUT2D eigenvalue weighted by Gasteiger charge is 2.33. The lowest BCUT2D eigenvalue weighted by Crippen LogP contribution is -2.27. The molecule has 0 unspecified atom stereocenters. The Morgan fingerprint density at radius 3 is 2.50 bits per heavy atom. The number of alkyl halides is 3. The van der Waals surface area contributed by atoms with Crippen LogP contribution in [0.4, 0.5) is 23.4 Å². The summed E-state index contributed by atoms with van der Waals surface area (Å²) in [6.07, 6.45) is -3.25. The molecule has 0 aliphatic carbocycles. The van der Waals surface area contributed by atoms with Gasteiger partial charge < -0.3 is 10.6 Å². The lowest BCUT2D eigenvalue weighted by Gasteiger charge is -2.18. The normalized spacial score (nSPS) is 19.8. The van der Waals surface area contributed by atoms with Crippen molar-refractivity contribution < 1.29 is 17.6 Å². The minimum absolute atomic E-state index is 0. The van der Waals surface area contributed by atoms with E-state index < -0.39 is 17.6 Å². The summed E-state index contributed by atoms with van der Waals surface area (Å²) in [5.41, 5.74) is 4.56. The summed E-state index contributed by atoms with van der Waals surface area (Å²) >= 11 is 0. The van der Waals surface area contributed by atoms with E-state index in [4.69, 9.17) is 5.73 Å². The molecular formula is C10H12ClF4N3. The first-order chi connectivity index (χ1) is 7.88. The Kier molecular flexibility index (Phi) is 4.39. The molecule has 1 fully saturated rings. The van der Waals surface area contributed by atoms with Crippen LogP contribution in [-0.4, -0.2) is 24.1 Å². The monoisotopic (exact) mass is 285 g/mol. The third-order valence-corrected chi connectivity index (χ3v) is 2.67. The zero-order valence-electron chi connectivity index (χ0n) is 9.25. The van der Waals surface area contributed by atoms with Crippen LogP contribution in [0.2, 0.25) is 0 Å². The molecule has 2 heterocycles. The summed E-state index contributed by atoms with van der Waals surface area (Å²) in [5, 5.41) is 0. The second-order valence-corrected chi connectivity index (χ2v) is 4.02. The van der Waals surface area contributed by atoms with Gasteiger partial charge >= 0.3 is 6.18 Å². The minimum atomic E-state index is -4.58. The molecule has 0 saturated carbocycles. The Bertz CT molecular complexity index is 424. The molecule has 1 aliphatic heterocycles. The summed E-state index contributed by atoms with van der Waals surface area (Å²) in [6.45, 7) is 0.922. The van der Waals surface area contributed by atoms with E-state index in [0.29, 0.717) is 31.8 Å². The predicted molar refractivity (Wildman–Crippen MR) is 61.3 cm³/mol. The average molecular weight is 286 g/mol. The lowest BCUT2D eigenvalue weighted by atomic mass is 10.2. The molecule has 2 N–H and O–H groups in total. The fraction of sp³-hybridized carbons (Fsp3) is 0.500. The molecule has 0 bridgehead atoms. The summed E-state index contributed by atoms with van der Waals surface area (Å²) in [4.78, 5) is 5.09. The van der Waals surface area contributed by atoms with E-state index in [1.807, 2.05) is 0 Å². The van der Waals surface area contributed by atoms with Gasteiger partial charge in [0.05, 0.1) is 5.56 Å². The smallest absolute Gasteiger partial charge is 0.353 e. The van der Waals surface area contributed by atoms with E-state index in [9.17, 15) is 17.6 Å². The molecular weight excluding hydrogens is 274 g/mol. The molecule has 1 atom stereocenters. The van der Waals surface area contributed by atoms with Crippen LogP contribution >= 0.6 is 12.4 Å². The summed E-state index contributed by atoms with van der Waals surface area (Å²) in [6, 6.07) is 0.380. The van der Waals surface area contributed by atoms with Gasteiger partial charge in [-0.15, -0.1) is 12.4 Å². The van der Waals surface area contributed by atoms with Gasteiger partial charge in [0, 0.05) is 25.3 Å². The first-order valence-corrected chi connectivity index (χ1v) is 5.11. The van der Waals surface area contributed by atoms with Gasteiger partial charge in [0.2, 0.25) is 0 Å². The molecule has 1 saturated heterocycles. The maximum absolute atomic E-state index is 13.5. The summed E-state index contributed by atoms with van der Waals surface area (Å²) in [7, 11) is 0.